The highest BCUT2D eigenvalue weighted by Crippen LogP contribution is 2.10. The molecule has 0 unspecified atom stereocenters. The van der Waals surface area contributed by atoms with Crippen molar-refractivity contribution in [1.82, 2.24) is 20.0 Å². The Morgan fingerprint density at radius 2 is 2.35 bits per heavy atom. The van der Waals surface area contributed by atoms with E-state index in [2.05, 4.69) is 10.4 Å². The molecule has 0 fully saturated rings. The fourth-order valence-corrected chi connectivity index (χ4v) is 1.37. The third kappa shape index (κ3) is 3.70. The van der Waals surface area contributed by atoms with E-state index in [0.29, 0.717) is 6.54 Å². The minimum absolute atomic E-state index is 0.0354. The molecule has 0 aliphatic heterocycles. The van der Waals surface area contributed by atoms with Gasteiger partial charge in [0.25, 0.3) is 5.91 Å². The Morgan fingerprint density at radius 1 is 1.65 bits per heavy atom. The number of nitrogens with zero attached hydrogens (tertiary/aromatic N) is 3. The lowest BCUT2D eigenvalue weighted by Crippen LogP contribution is -2.33. The van der Waals surface area contributed by atoms with Crippen LogP contribution in [0.15, 0.2) is 6.20 Å². The molecule has 96 valence electrons. The van der Waals surface area contributed by atoms with E-state index >= 15 is 0 Å². The first-order valence-corrected chi connectivity index (χ1v) is 5.36. The zero-order valence-corrected chi connectivity index (χ0v) is 10.1. The van der Waals surface area contributed by atoms with Gasteiger partial charge in [-0.1, -0.05) is 0 Å². The summed E-state index contributed by atoms with van der Waals surface area (Å²) in [6, 6.07) is 0. The van der Waals surface area contributed by atoms with E-state index < -0.39 is 6.67 Å². The maximum absolute atomic E-state index is 12.2. The van der Waals surface area contributed by atoms with Crippen molar-refractivity contribution in [3.63, 3.8) is 0 Å². The number of carbonyl (C=O) groups excluding carboxylic acids is 1. The second-order valence-corrected chi connectivity index (χ2v) is 3.92. The Hall–Kier alpha value is -1.63. The zero-order chi connectivity index (χ0) is 12.8. The number of amides is 1. The number of hydrogen-bond donors (Lipinski definition) is 2. The van der Waals surface area contributed by atoms with Gasteiger partial charge in [-0.25, -0.2) is 4.39 Å². The number of likely N-dealkylation sites (N-methyl/N-ethyl adjacent to an activating group) is 1. The summed E-state index contributed by atoms with van der Waals surface area (Å²) in [6.45, 7) is 0.682. The van der Waals surface area contributed by atoms with Crippen LogP contribution in [0.3, 0.4) is 0 Å². The quantitative estimate of drug-likeness (QED) is 0.721. The maximum Gasteiger partial charge on any atom is 0.271 e. The van der Waals surface area contributed by atoms with Crippen LogP contribution < -0.4 is 11.1 Å². The third-order valence-corrected chi connectivity index (χ3v) is 2.22. The van der Waals surface area contributed by atoms with Gasteiger partial charge < -0.3 is 16.0 Å². The van der Waals surface area contributed by atoms with Crippen LogP contribution in [0.4, 0.5) is 10.1 Å². The van der Waals surface area contributed by atoms with Crippen molar-refractivity contribution in [1.29, 1.82) is 0 Å². The molecule has 1 aromatic heterocycles. The Labute approximate surface area is 99.6 Å². The molecule has 1 aromatic rings. The van der Waals surface area contributed by atoms with Crippen LogP contribution in [0, 0.1) is 0 Å². The van der Waals surface area contributed by atoms with Crippen LogP contribution in [-0.4, -0.2) is 54.4 Å². The number of anilines is 1. The van der Waals surface area contributed by atoms with Crippen molar-refractivity contribution in [3.8, 4) is 0 Å². The van der Waals surface area contributed by atoms with Crippen molar-refractivity contribution in [2.24, 2.45) is 0 Å². The summed E-state index contributed by atoms with van der Waals surface area (Å²) in [7, 11) is 3.82. The summed E-state index contributed by atoms with van der Waals surface area (Å²) >= 11 is 0. The summed E-state index contributed by atoms with van der Waals surface area (Å²) in [6.07, 6.45) is 1.36. The molecule has 6 nitrogen and oxygen atoms in total. The van der Waals surface area contributed by atoms with Crippen molar-refractivity contribution in [2.75, 3.05) is 39.6 Å². The number of carbonyl (C=O) groups is 1. The number of alkyl halides is 1. The van der Waals surface area contributed by atoms with Gasteiger partial charge in [-0.05, 0) is 14.1 Å². The predicted octanol–water partition coefficient (Wildman–Crippen LogP) is -0.274. The molecule has 0 aliphatic rings. The van der Waals surface area contributed by atoms with Gasteiger partial charge in [-0.3, -0.25) is 9.48 Å². The monoisotopic (exact) mass is 243 g/mol. The number of nitrogens with one attached hydrogen (secondary N) is 1. The Bertz CT molecular complexity index is 377. The van der Waals surface area contributed by atoms with Gasteiger partial charge >= 0.3 is 0 Å². The number of aryl methyl sites for hydroxylation is 1. The van der Waals surface area contributed by atoms with Crippen LogP contribution in [0.25, 0.3) is 0 Å². The molecule has 7 heteroatoms. The van der Waals surface area contributed by atoms with Crippen molar-refractivity contribution >= 4 is 11.6 Å². The smallest absolute Gasteiger partial charge is 0.271 e. The van der Waals surface area contributed by atoms with E-state index in [0.717, 1.165) is 6.54 Å². The average molecular weight is 243 g/mol. The normalized spacial score (nSPS) is 10.8. The van der Waals surface area contributed by atoms with Gasteiger partial charge in [-0.2, -0.15) is 5.10 Å². The molecule has 0 saturated carbocycles. The second-order valence-electron chi connectivity index (χ2n) is 3.92. The van der Waals surface area contributed by atoms with Crippen molar-refractivity contribution in [2.45, 2.75) is 6.54 Å². The number of nitrogen functional groups attached to an aromatic ring is 1. The van der Waals surface area contributed by atoms with E-state index in [1.165, 1.54) is 10.9 Å². The van der Waals surface area contributed by atoms with Gasteiger partial charge in [0, 0.05) is 13.1 Å². The predicted molar refractivity (Wildman–Crippen MR) is 63.5 cm³/mol. The van der Waals surface area contributed by atoms with Gasteiger partial charge in [0.15, 0.2) is 0 Å². The number of halogens is 1. The molecular formula is C10H18FN5O. The molecule has 0 aromatic carbocycles. The minimum Gasteiger partial charge on any atom is -0.396 e. The second kappa shape index (κ2) is 6.19. The van der Waals surface area contributed by atoms with Crippen LogP contribution >= 0.6 is 0 Å². The summed E-state index contributed by atoms with van der Waals surface area (Å²) in [5.74, 6) is -0.324. The van der Waals surface area contributed by atoms with Crippen LogP contribution in [0.1, 0.15) is 10.5 Å². The minimum atomic E-state index is -0.584. The summed E-state index contributed by atoms with van der Waals surface area (Å²) < 4.78 is 13.5. The van der Waals surface area contributed by atoms with Crippen molar-refractivity contribution in [3.05, 3.63) is 11.9 Å². The maximum atomic E-state index is 12.2. The summed E-state index contributed by atoms with van der Waals surface area (Å²) in [5, 5.41) is 6.56. The molecule has 17 heavy (non-hydrogen) atoms. The molecule has 0 spiro atoms. The summed E-state index contributed by atoms with van der Waals surface area (Å²) in [5.41, 5.74) is 6.12. The van der Waals surface area contributed by atoms with Crippen LogP contribution in [0.2, 0.25) is 0 Å². The Kier molecular flexibility index (Phi) is 4.89. The first kappa shape index (κ1) is 13.4. The van der Waals surface area contributed by atoms with E-state index in [1.54, 1.807) is 0 Å². The molecule has 0 radical (unpaired) electrons. The highest BCUT2D eigenvalue weighted by molar-refractivity contribution is 5.97. The number of hydrogen-bond acceptors (Lipinski definition) is 4. The zero-order valence-electron chi connectivity index (χ0n) is 10.1. The Morgan fingerprint density at radius 3 is 2.94 bits per heavy atom. The lowest BCUT2D eigenvalue weighted by atomic mass is 10.3. The molecule has 0 aliphatic carbocycles. The molecule has 1 heterocycles. The van der Waals surface area contributed by atoms with E-state index in [1.807, 2.05) is 19.0 Å². The fourth-order valence-electron chi connectivity index (χ4n) is 1.37. The van der Waals surface area contributed by atoms with Gasteiger partial charge in [-0.15, -0.1) is 0 Å². The topological polar surface area (TPSA) is 76.2 Å². The first-order valence-electron chi connectivity index (χ1n) is 5.36. The van der Waals surface area contributed by atoms with Gasteiger partial charge in [0.1, 0.15) is 12.4 Å². The molecule has 1 rings (SSSR count). The van der Waals surface area contributed by atoms with E-state index in [-0.39, 0.29) is 23.8 Å². The average Bonchev–Trinajstić information content (AvgIpc) is 2.60. The molecule has 1 amide bonds. The van der Waals surface area contributed by atoms with Gasteiger partial charge in [0.2, 0.25) is 0 Å². The van der Waals surface area contributed by atoms with Crippen LogP contribution in [-0.2, 0) is 6.54 Å². The lowest BCUT2D eigenvalue weighted by molar-refractivity contribution is 0.0940. The summed E-state index contributed by atoms with van der Waals surface area (Å²) in [4.78, 5) is 13.8. The molecular weight excluding hydrogens is 225 g/mol. The molecule has 0 atom stereocenters. The van der Waals surface area contributed by atoms with Crippen molar-refractivity contribution < 1.29 is 9.18 Å². The first-order chi connectivity index (χ1) is 8.06. The van der Waals surface area contributed by atoms with E-state index in [4.69, 9.17) is 5.73 Å². The number of rotatable bonds is 6. The number of aromatic nitrogens is 2. The molecule has 0 saturated heterocycles. The van der Waals surface area contributed by atoms with Gasteiger partial charge in [0.05, 0.1) is 18.4 Å². The lowest BCUT2D eigenvalue weighted by Gasteiger charge is -2.11. The number of nitrogens with two attached hydrogens (primary N) is 1. The standard InChI is InChI=1S/C10H18FN5O/c1-15(2)6-4-13-10(17)9-8(12)7-14-16(9)5-3-11/h7H,3-6,12H2,1-2H3,(H,13,17). The highest BCUT2D eigenvalue weighted by Gasteiger charge is 2.16. The van der Waals surface area contributed by atoms with Crippen LogP contribution in [0.5, 0.6) is 0 Å². The molecule has 0 bridgehead atoms. The SMILES string of the molecule is CN(C)CCNC(=O)c1c(N)cnn1CCF. The fraction of sp³-hybridized carbons (Fsp3) is 0.600. The Balaban J connectivity index is 2.64. The van der Waals surface area contributed by atoms with E-state index in [9.17, 15) is 9.18 Å². The highest BCUT2D eigenvalue weighted by atomic mass is 19.1. The third-order valence-electron chi connectivity index (χ3n) is 2.22. The largest absolute Gasteiger partial charge is 0.396 e. The molecule has 3 N–H and O–H groups in total.